The van der Waals surface area contributed by atoms with Gasteiger partial charge in [-0.25, -0.2) is 0 Å². The monoisotopic (exact) mass is 393 g/mol. The van der Waals surface area contributed by atoms with E-state index in [4.69, 9.17) is 0 Å². The van der Waals surface area contributed by atoms with Gasteiger partial charge in [0.15, 0.2) is 0 Å². The molecule has 0 spiro atoms. The maximum Gasteiger partial charge on any atom is 0.229 e. The first-order valence-electron chi connectivity index (χ1n) is 9.96. The molecule has 1 atom stereocenters. The Morgan fingerprint density at radius 3 is 2.24 bits per heavy atom. The average Bonchev–Trinajstić information content (AvgIpc) is 3.09. The van der Waals surface area contributed by atoms with Crippen LogP contribution >= 0.6 is 0 Å². The van der Waals surface area contributed by atoms with Crippen LogP contribution in [0.4, 0.5) is 11.4 Å². The van der Waals surface area contributed by atoms with Crippen molar-refractivity contribution in [3.05, 3.63) is 60.2 Å². The molecule has 0 bridgehead atoms. The zero-order chi connectivity index (χ0) is 20.8. The molecule has 3 amide bonds. The Balaban J connectivity index is 1.50. The number of amides is 3. The number of anilines is 2. The Kier molecular flexibility index (Phi) is 6.65. The van der Waals surface area contributed by atoms with Gasteiger partial charge in [0.2, 0.25) is 17.7 Å². The van der Waals surface area contributed by atoms with Crippen molar-refractivity contribution in [1.29, 1.82) is 0 Å². The predicted octanol–water partition coefficient (Wildman–Crippen LogP) is 3.31. The molecule has 0 aromatic heterocycles. The Bertz CT molecular complexity index is 863. The average molecular weight is 393 g/mol. The Morgan fingerprint density at radius 2 is 1.62 bits per heavy atom. The van der Waals surface area contributed by atoms with Crippen molar-refractivity contribution in [3.63, 3.8) is 0 Å². The molecule has 1 aliphatic heterocycles. The third-order valence-electron chi connectivity index (χ3n) is 5.04. The summed E-state index contributed by atoms with van der Waals surface area (Å²) in [4.78, 5) is 38.3. The second-order valence-electron chi connectivity index (χ2n) is 7.69. The van der Waals surface area contributed by atoms with Gasteiger partial charge in [0.25, 0.3) is 0 Å². The number of nitrogens with one attached hydrogen (secondary N) is 2. The second-order valence-corrected chi connectivity index (χ2v) is 7.69. The van der Waals surface area contributed by atoms with Crippen LogP contribution in [-0.4, -0.2) is 35.7 Å². The highest BCUT2D eigenvalue weighted by Gasteiger charge is 2.34. The standard InChI is InChI=1S/C23H27N3O3/c1-16(2)22(28)24-19-8-10-20(11-9-19)25-23(29)18-14-21(27)26(15-18)13-12-17-6-4-3-5-7-17/h3-11,16,18H,12-15H2,1-2H3,(H,24,28)(H,25,29). The summed E-state index contributed by atoms with van der Waals surface area (Å²) >= 11 is 0. The number of carbonyl (C=O) groups is 3. The van der Waals surface area contributed by atoms with Crippen molar-refractivity contribution in [2.75, 3.05) is 23.7 Å². The van der Waals surface area contributed by atoms with Crippen LogP contribution < -0.4 is 10.6 Å². The van der Waals surface area contributed by atoms with Crippen LogP contribution in [0, 0.1) is 11.8 Å². The van der Waals surface area contributed by atoms with E-state index < -0.39 is 0 Å². The van der Waals surface area contributed by atoms with Crippen molar-refractivity contribution >= 4 is 29.1 Å². The zero-order valence-electron chi connectivity index (χ0n) is 16.9. The van der Waals surface area contributed by atoms with Crippen molar-refractivity contribution < 1.29 is 14.4 Å². The van der Waals surface area contributed by atoms with E-state index in [-0.39, 0.29) is 36.0 Å². The first-order valence-corrected chi connectivity index (χ1v) is 9.96. The van der Waals surface area contributed by atoms with Crippen molar-refractivity contribution in [3.8, 4) is 0 Å². The molecule has 6 heteroatoms. The van der Waals surface area contributed by atoms with E-state index in [0.717, 1.165) is 6.42 Å². The van der Waals surface area contributed by atoms with Gasteiger partial charge < -0.3 is 15.5 Å². The fourth-order valence-corrected chi connectivity index (χ4v) is 3.24. The van der Waals surface area contributed by atoms with E-state index in [9.17, 15) is 14.4 Å². The number of nitrogens with zero attached hydrogens (tertiary/aromatic N) is 1. The molecule has 3 rings (SSSR count). The van der Waals surface area contributed by atoms with E-state index in [0.29, 0.717) is 24.5 Å². The largest absolute Gasteiger partial charge is 0.342 e. The number of rotatable bonds is 7. The highest BCUT2D eigenvalue weighted by atomic mass is 16.2. The van der Waals surface area contributed by atoms with Gasteiger partial charge in [-0.2, -0.15) is 0 Å². The van der Waals surface area contributed by atoms with Gasteiger partial charge in [0, 0.05) is 36.8 Å². The first kappa shape index (κ1) is 20.6. The number of benzene rings is 2. The molecule has 1 fully saturated rings. The maximum atomic E-state index is 12.6. The summed E-state index contributed by atoms with van der Waals surface area (Å²) in [6, 6.07) is 17.0. The van der Waals surface area contributed by atoms with Crippen LogP contribution in [0.5, 0.6) is 0 Å². The summed E-state index contributed by atoms with van der Waals surface area (Å²) < 4.78 is 0. The van der Waals surface area contributed by atoms with E-state index in [1.807, 2.05) is 44.2 Å². The summed E-state index contributed by atoms with van der Waals surface area (Å²) in [5, 5.41) is 5.68. The van der Waals surface area contributed by atoms with Crippen LogP contribution in [0.2, 0.25) is 0 Å². The smallest absolute Gasteiger partial charge is 0.229 e. The molecule has 1 aliphatic rings. The molecule has 1 heterocycles. The van der Waals surface area contributed by atoms with E-state index >= 15 is 0 Å². The van der Waals surface area contributed by atoms with Crippen LogP contribution in [0.3, 0.4) is 0 Å². The van der Waals surface area contributed by atoms with Crippen LogP contribution in [0.1, 0.15) is 25.8 Å². The fourth-order valence-electron chi connectivity index (χ4n) is 3.24. The molecule has 2 N–H and O–H groups in total. The van der Waals surface area contributed by atoms with Crippen LogP contribution in [0.15, 0.2) is 54.6 Å². The van der Waals surface area contributed by atoms with Crippen molar-refractivity contribution in [2.24, 2.45) is 11.8 Å². The van der Waals surface area contributed by atoms with Crippen molar-refractivity contribution in [2.45, 2.75) is 26.7 Å². The number of carbonyl (C=O) groups excluding carboxylic acids is 3. The summed E-state index contributed by atoms with van der Waals surface area (Å²) in [7, 11) is 0. The fraction of sp³-hybridized carbons (Fsp3) is 0.348. The van der Waals surface area contributed by atoms with E-state index in [1.165, 1.54) is 5.56 Å². The van der Waals surface area contributed by atoms with Gasteiger partial charge in [-0.1, -0.05) is 44.2 Å². The zero-order valence-corrected chi connectivity index (χ0v) is 16.9. The Morgan fingerprint density at radius 1 is 1.00 bits per heavy atom. The predicted molar refractivity (Wildman–Crippen MR) is 113 cm³/mol. The lowest BCUT2D eigenvalue weighted by Gasteiger charge is -2.16. The minimum Gasteiger partial charge on any atom is -0.342 e. The molecular formula is C23H27N3O3. The third-order valence-corrected chi connectivity index (χ3v) is 5.04. The maximum absolute atomic E-state index is 12.6. The second kappa shape index (κ2) is 9.37. The summed E-state index contributed by atoms with van der Waals surface area (Å²) in [5.41, 5.74) is 2.51. The summed E-state index contributed by atoms with van der Waals surface area (Å²) in [6.45, 7) is 4.73. The van der Waals surface area contributed by atoms with Gasteiger partial charge in [-0.15, -0.1) is 0 Å². The summed E-state index contributed by atoms with van der Waals surface area (Å²) in [5.74, 6) is -0.632. The van der Waals surface area contributed by atoms with E-state index in [1.54, 1.807) is 29.2 Å². The molecule has 1 saturated heterocycles. The molecule has 2 aromatic rings. The SMILES string of the molecule is CC(C)C(=O)Nc1ccc(NC(=O)C2CC(=O)N(CCc3ccccc3)C2)cc1. The van der Waals surface area contributed by atoms with Gasteiger partial charge in [0.1, 0.15) is 0 Å². The normalized spacial score (nSPS) is 16.2. The molecule has 29 heavy (non-hydrogen) atoms. The van der Waals surface area contributed by atoms with Gasteiger partial charge in [-0.05, 0) is 36.2 Å². The number of likely N-dealkylation sites (tertiary alicyclic amines) is 1. The third kappa shape index (κ3) is 5.67. The first-order chi connectivity index (χ1) is 13.9. The van der Waals surface area contributed by atoms with Crippen LogP contribution in [-0.2, 0) is 20.8 Å². The van der Waals surface area contributed by atoms with E-state index in [2.05, 4.69) is 10.6 Å². The molecule has 152 valence electrons. The van der Waals surface area contributed by atoms with Crippen molar-refractivity contribution in [1.82, 2.24) is 4.90 Å². The van der Waals surface area contributed by atoms with Gasteiger partial charge >= 0.3 is 0 Å². The molecular weight excluding hydrogens is 366 g/mol. The van der Waals surface area contributed by atoms with Gasteiger partial charge in [0.05, 0.1) is 5.92 Å². The Hall–Kier alpha value is -3.15. The lowest BCUT2D eigenvalue weighted by Crippen LogP contribution is -2.30. The topological polar surface area (TPSA) is 78.5 Å². The molecule has 2 aromatic carbocycles. The lowest BCUT2D eigenvalue weighted by molar-refractivity contribution is -0.128. The molecule has 1 unspecified atom stereocenters. The lowest BCUT2D eigenvalue weighted by atomic mass is 10.1. The minimum absolute atomic E-state index is 0.0211. The highest BCUT2D eigenvalue weighted by molar-refractivity contribution is 5.97. The molecule has 6 nitrogen and oxygen atoms in total. The molecule has 0 saturated carbocycles. The Labute approximate surface area is 171 Å². The molecule has 0 radical (unpaired) electrons. The highest BCUT2D eigenvalue weighted by Crippen LogP contribution is 2.21. The van der Waals surface area contributed by atoms with Gasteiger partial charge in [-0.3, -0.25) is 14.4 Å². The minimum atomic E-state index is -0.349. The molecule has 0 aliphatic carbocycles. The summed E-state index contributed by atoms with van der Waals surface area (Å²) in [6.07, 6.45) is 1.02. The number of hydrogen-bond acceptors (Lipinski definition) is 3. The number of hydrogen-bond donors (Lipinski definition) is 2. The quantitative estimate of drug-likeness (QED) is 0.758. The van der Waals surface area contributed by atoms with Crippen LogP contribution in [0.25, 0.3) is 0 Å².